The molecule has 0 amide bonds. The van der Waals surface area contributed by atoms with Crippen LogP contribution in [-0.2, 0) is 11.3 Å². The van der Waals surface area contributed by atoms with E-state index in [-0.39, 0.29) is 5.82 Å². The molecule has 0 aliphatic heterocycles. The predicted octanol–water partition coefficient (Wildman–Crippen LogP) is 4.18. The average Bonchev–Trinajstić information content (AvgIpc) is 2.57. The highest BCUT2D eigenvalue weighted by atomic mass is 19.1. The molecule has 0 fully saturated rings. The van der Waals surface area contributed by atoms with Gasteiger partial charge in [0.15, 0.2) is 0 Å². The lowest BCUT2D eigenvalue weighted by Crippen LogP contribution is -2.03. The second-order valence-electron chi connectivity index (χ2n) is 5.33. The smallest absolute Gasteiger partial charge is 0.142 e. The van der Waals surface area contributed by atoms with Crippen LogP contribution in [0.5, 0.6) is 11.5 Å². The van der Waals surface area contributed by atoms with Crippen LogP contribution in [0, 0.1) is 5.82 Å². The van der Waals surface area contributed by atoms with Gasteiger partial charge in [0.25, 0.3) is 0 Å². The zero-order valence-electron chi connectivity index (χ0n) is 14.0. The number of unbranched alkanes of at least 4 members (excludes halogenated alkanes) is 1. The first-order valence-electron chi connectivity index (χ1n) is 8.17. The Morgan fingerprint density at radius 2 is 1.79 bits per heavy atom. The molecule has 0 bridgehead atoms. The molecule has 24 heavy (non-hydrogen) atoms. The Labute approximate surface area is 142 Å². The summed E-state index contributed by atoms with van der Waals surface area (Å²) in [5, 5.41) is 0. The summed E-state index contributed by atoms with van der Waals surface area (Å²) in [5.74, 6) is 1.17. The van der Waals surface area contributed by atoms with E-state index in [4.69, 9.17) is 19.9 Å². The first kappa shape index (κ1) is 18.1. The molecule has 4 nitrogen and oxygen atoms in total. The molecule has 130 valence electrons. The van der Waals surface area contributed by atoms with Crippen molar-refractivity contribution in [1.82, 2.24) is 0 Å². The summed E-state index contributed by atoms with van der Waals surface area (Å²) >= 11 is 0. The van der Waals surface area contributed by atoms with Gasteiger partial charge in [0.2, 0.25) is 0 Å². The third-order valence-electron chi connectivity index (χ3n) is 3.45. The molecule has 5 heteroatoms. The lowest BCUT2D eigenvalue weighted by molar-refractivity contribution is 0.111. The van der Waals surface area contributed by atoms with E-state index in [1.807, 2.05) is 19.1 Å². The van der Waals surface area contributed by atoms with Crippen LogP contribution in [0.4, 0.5) is 10.1 Å². The van der Waals surface area contributed by atoms with Gasteiger partial charge in [-0.3, -0.25) is 0 Å². The Morgan fingerprint density at radius 1 is 1.00 bits per heavy atom. The minimum atomic E-state index is -0.230. The maximum Gasteiger partial charge on any atom is 0.142 e. The van der Waals surface area contributed by atoms with Crippen molar-refractivity contribution < 1.29 is 18.6 Å². The first-order valence-corrected chi connectivity index (χ1v) is 8.17. The Balaban J connectivity index is 1.61. The molecule has 0 aromatic heterocycles. The van der Waals surface area contributed by atoms with Crippen LogP contribution in [0.2, 0.25) is 0 Å². The van der Waals surface area contributed by atoms with E-state index < -0.39 is 0 Å². The van der Waals surface area contributed by atoms with Crippen molar-refractivity contribution in [3.63, 3.8) is 0 Å². The zero-order chi connectivity index (χ0) is 17.2. The molecule has 0 unspecified atom stereocenters. The van der Waals surface area contributed by atoms with Crippen molar-refractivity contribution >= 4 is 5.69 Å². The number of benzene rings is 2. The predicted molar refractivity (Wildman–Crippen MR) is 92.8 cm³/mol. The highest BCUT2D eigenvalue weighted by Gasteiger charge is 2.03. The molecule has 0 atom stereocenters. The molecule has 0 saturated carbocycles. The molecular weight excluding hydrogens is 309 g/mol. The largest absolute Gasteiger partial charge is 0.494 e. The fourth-order valence-corrected chi connectivity index (χ4v) is 2.20. The zero-order valence-corrected chi connectivity index (χ0v) is 14.0. The van der Waals surface area contributed by atoms with Gasteiger partial charge in [0.1, 0.15) is 17.3 Å². The van der Waals surface area contributed by atoms with Crippen molar-refractivity contribution in [3.8, 4) is 11.5 Å². The maximum absolute atomic E-state index is 13.4. The number of hydrogen-bond donors (Lipinski definition) is 1. The molecule has 0 aliphatic rings. The summed E-state index contributed by atoms with van der Waals surface area (Å²) in [4.78, 5) is 0. The minimum Gasteiger partial charge on any atom is -0.494 e. The van der Waals surface area contributed by atoms with E-state index in [1.54, 1.807) is 24.3 Å². The van der Waals surface area contributed by atoms with Gasteiger partial charge < -0.3 is 19.9 Å². The van der Waals surface area contributed by atoms with E-state index in [2.05, 4.69) is 0 Å². The van der Waals surface area contributed by atoms with Crippen LogP contribution in [0.1, 0.15) is 25.3 Å². The SMILES string of the molecule is CCOc1ccc(OCCCCOCc2ccccc2F)c(N)c1. The summed E-state index contributed by atoms with van der Waals surface area (Å²) in [6.45, 7) is 3.94. The molecular formula is C19H24FNO3. The lowest BCUT2D eigenvalue weighted by Gasteiger charge is -2.11. The van der Waals surface area contributed by atoms with Gasteiger partial charge in [0.05, 0.1) is 25.5 Å². The third-order valence-corrected chi connectivity index (χ3v) is 3.45. The summed E-state index contributed by atoms with van der Waals surface area (Å²) in [6, 6.07) is 12.1. The molecule has 2 rings (SSSR count). The van der Waals surface area contributed by atoms with Gasteiger partial charge in [-0.25, -0.2) is 4.39 Å². The second-order valence-corrected chi connectivity index (χ2v) is 5.33. The number of nitrogens with two attached hydrogens (primary N) is 1. The van der Waals surface area contributed by atoms with Gasteiger partial charge in [-0.05, 0) is 38.0 Å². The van der Waals surface area contributed by atoms with Gasteiger partial charge >= 0.3 is 0 Å². The summed E-state index contributed by atoms with van der Waals surface area (Å²) < 4.78 is 29.9. The number of anilines is 1. The topological polar surface area (TPSA) is 53.7 Å². The number of nitrogen functional groups attached to an aromatic ring is 1. The Bertz CT molecular complexity index is 634. The summed E-state index contributed by atoms with van der Waals surface area (Å²) in [6.07, 6.45) is 1.68. The molecule has 0 heterocycles. The number of halogens is 1. The van der Waals surface area contributed by atoms with Crippen molar-refractivity contribution in [1.29, 1.82) is 0 Å². The minimum absolute atomic E-state index is 0.230. The average molecular weight is 333 g/mol. The molecule has 2 N–H and O–H groups in total. The van der Waals surface area contributed by atoms with Crippen LogP contribution in [0.15, 0.2) is 42.5 Å². The quantitative estimate of drug-likeness (QED) is 0.523. The van der Waals surface area contributed by atoms with Crippen molar-refractivity contribution in [2.24, 2.45) is 0 Å². The number of hydrogen-bond acceptors (Lipinski definition) is 4. The fraction of sp³-hybridized carbons (Fsp3) is 0.368. The molecule has 0 aliphatic carbocycles. The lowest BCUT2D eigenvalue weighted by atomic mass is 10.2. The molecule has 2 aromatic carbocycles. The second kappa shape index (κ2) is 9.78. The van der Waals surface area contributed by atoms with E-state index in [9.17, 15) is 4.39 Å². The van der Waals surface area contributed by atoms with E-state index in [0.717, 1.165) is 18.6 Å². The first-order chi connectivity index (χ1) is 11.7. The Kier molecular flexibility index (Phi) is 7.36. The monoisotopic (exact) mass is 333 g/mol. The van der Waals surface area contributed by atoms with Crippen LogP contribution in [0.25, 0.3) is 0 Å². The van der Waals surface area contributed by atoms with Crippen molar-refractivity contribution in [3.05, 3.63) is 53.8 Å². The van der Waals surface area contributed by atoms with Crippen LogP contribution in [0.3, 0.4) is 0 Å². The number of ether oxygens (including phenoxy) is 3. The Morgan fingerprint density at radius 3 is 2.54 bits per heavy atom. The molecule has 0 spiro atoms. The maximum atomic E-state index is 13.4. The standard InChI is InChI=1S/C19H24FNO3/c1-2-23-16-9-10-19(18(21)13-16)24-12-6-5-11-22-14-15-7-3-4-8-17(15)20/h3-4,7-10,13H,2,5-6,11-12,14,21H2,1H3. The third kappa shape index (κ3) is 5.74. The van der Waals surface area contributed by atoms with Gasteiger partial charge in [-0.15, -0.1) is 0 Å². The van der Waals surface area contributed by atoms with E-state index >= 15 is 0 Å². The van der Waals surface area contributed by atoms with E-state index in [1.165, 1.54) is 6.07 Å². The number of rotatable bonds is 10. The van der Waals surface area contributed by atoms with Gasteiger partial charge in [-0.2, -0.15) is 0 Å². The molecule has 0 radical (unpaired) electrons. The van der Waals surface area contributed by atoms with Gasteiger partial charge in [0, 0.05) is 18.2 Å². The van der Waals surface area contributed by atoms with Crippen molar-refractivity contribution in [2.45, 2.75) is 26.4 Å². The highest BCUT2D eigenvalue weighted by Crippen LogP contribution is 2.26. The normalized spacial score (nSPS) is 10.6. The van der Waals surface area contributed by atoms with Crippen molar-refractivity contribution in [2.75, 3.05) is 25.6 Å². The fourth-order valence-electron chi connectivity index (χ4n) is 2.20. The molecule has 2 aromatic rings. The van der Waals surface area contributed by atoms with Gasteiger partial charge in [-0.1, -0.05) is 18.2 Å². The molecule has 0 saturated heterocycles. The van der Waals surface area contributed by atoms with Crippen LogP contribution >= 0.6 is 0 Å². The van der Waals surface area contributed by atoms with Crippen LogP contribution < -0.4 is 15.2 Å². The Hall–Kier alpha value is -2.27. The summed E-state index contributed by atoms with van der Waals surface area (Å²) in [5.41, 5.74) is 7.07. The van der Waals surface area contributed by atoms with Crippen LogP contribution in [-0.4, -0.2) is 19.8 Å². The van der Waals surface area contributed by atoms with E-state index in [0.29, 0.717) is 43.4 Å². The highest BCUT2D eigenvalue weighted by molar-refractivity contribution is 5.56. The summed E-state index contributed by atoms with van der Waals surface area (Å²) in [7, 11) is 0.